The van der Waals surface area contributed by atoms with Crippen LogP contribution in [-0.2, 0) is 11.0 Å². The van der Waals surface area contributed by atoms with E-state index in [1.807, 2.05) is 6.07 Å². The van der Waals surface area contributed by atoms with Crippen molar-refractivity contribution in [2.45, 2.75) is 19.0 Å². The van der Waals surface area contributed by atoms with Crippen LogP contribution in [0.25, 0.3) is 16.8 Å². The molecule has 0 radical (unpaired) electrons. The highest BCUT2D eigenvalue weighted by molar-refractivity contribution is 5.89. The fraction of sp³-hybridized carbons (Fsp3) is 0.176. The third-order valence-electron chi connectivity index (χ3n) is 3.57. The third-order valence-corrected chi connectivity index (χ3v) is 3.57. The Labute approximate surface area is 145 Å². The van der Waals surface area contributed by atoms with Crippen LogP contribution >= 0.6 is 0 Å². The molecular weight excluding hydrogens is 347 g/mol. The van der Waals surface area contributed by atoms with Gasteiger partial charge in [0.05, 0.1) is 11.6 Å². The minimum atomic E-state index is -4.42. The Kier molecular flexibility index (Phi) is 4.58. The van der Waals surface area contributed by atoms with Crippen molar-refractivity contribution in [3.8, 4) is 17.2 Å². The highest BCUT2D eigenvalue weighted by atomic mass is 19.4. The number of aromatic nitrogens is 3. The van der Waals surface area contributed by atoms with E-state index in [-0.39, 0.29) is 24.7 Å². The van der Waals surface area contributed by atoms with Gasteiger partial charge in [-0.15, -0.1) is 5.10 Å². The number of amides is 1. The summed E-state index contributed by atoms with van der Waals surface area (Å²) >= 11 is 0. The summed E-state index contributed by atoms with van der Waals surface area (Å²) in [6.45, 7) is 0. The summed E-state index contributed by atoms with van der Waals surface area (Å²) in [7, 11) is 0. The summed E-state index contributed by atoms with van der Waals surface area (Å²) < 4.78 is 40.0. The summed E-state index contributed by atoms with van der Waals surface area (Å²) in [5, 5.41) is 15.0. The molecule has 0 aliphatic carbocycles. The van der Waals surface area contributed by atoms with Crippen LogP contribution in [-0.4, -0.2) is 20.5 Å². The van der Waals surface area contributed by atoms with Crippen LogP contribution in [0.15, 0.2) is 42.6 Å². The third kappa shape index (κ3) is 3.80. The molecule has 2 aromatic heterocycles. The molecule has 9 heteroatoms. The fourth-order valence-electron chi connectivity index (χ4n) is 2.34. The highest BCUT2D eigenvalue weighted by Gasteiger charge is 2.30. The van der Waals surface area contributed by atoms with Crippen molar-refractivity contribution in [2.24, 2.45) is 0 Å². The fourth-order valence-corrected chi connectivity index (χ4v) is 2.34. The van der Waals surface area contributed by atoms with Gasteiger partial charge in [-0.25, -0.2) is 4.52 Å². The van der Waals surface area contributed by atoms with E-state index in [1.165, 1.54) is 16.8 Å². The van der Waals surface area contributed by atoms with Crippen LogP contribution in [0.1, 0.15) is 18.4 Å². The average molecular weight is 359 g/mol. The molecule has 3 rings (SSSR count). The number of benzene rings is 1. The molecule has 0 atom stereocenters. The van der Waals surface area contributed by atoms with E-state index in [9.17, 15) is 18.0 Å². The lowest BCUT2D eigenvalue weighted by Crippen LogP contribution is -2.12. The number of carbonyl (C=O) groups excluding carboxylic acids is 1. The number of carbonyl (C=O) groups is 1. The predicted molar refractivity (Wildman–Crippen MR) is 86.9 cm³/mol. The summed E-state index contributed by atoms with van der Waals surface area (Å²) in [4.78, 5) is 15.7. The number of hydrogen-bond donors (Lipinski definition) is 1. The number of alkyl halides is 3. The molecule has 0 bridgehead atoms. The molecule has 0 unspecified atom stereocenters. The maximum Gasteiger partial charge on any atom is 0.416 e. The van der Waals surface area contributed by atoms with Crippen LogP contribution in [0.4, 0.5) is 19.1 Å². The first-order valence-electron chi connectivity index (χ1n) is 7.58. The van der Waals surface area contributed by atoms with E-state index in [2.05, 4.69) is 15.4 Å². The number of halogens is 3. The zero-order valence-corrected chi connectivity index (χ0v) is 13.3. The van der Waals surface area contributed by atoms with Crippen molar-refractivity contribution >= 4 is 17.5 Å². The number of anilines is 1. The monoisotopic (exact) mass is 359 g/mol. The molecule has 26 heavy (non-hydrogen) atoms. The number of hydrogen-bond acceptors (Lipinski definition) is 4. The number of nitrogens with one attached hydrogen (secondary N) is 1. The molecule has 1 N–H and O–H groups in total. The first kappa shape index (κ1) is 17.4. The smallest absolute Gasteiger partial charge is 0.293 e. The van der Waals surface area contributed by atoms with Crippen molar-refractivity contribution in [2.75, 3.05) is 5.32 Å². The molecule has 1 aromatic carbocycles. The maximum atomic E-state index is 12.9. The van der Waals surface area contributed by atoms with Gasteiger partial charge in [-0.2, -0.15) is 23.4 Å². The molecule has 0 spiro atoms. The van der Waals surface area contributed by atoms with Gasteiger partial charge < -0.3 is 0 Å². The molecule has 0 aliphatic rings. The molecule has 0 aliphatic heterocycles. The van der Waals surface area contributed by atoms with Crippen molar-refractivity contribution in [3.63, 3.8) is 0 Å². The van der Waals surface area contributed by atoms with Gasteiger partial charge in [0.2, 0.25) is 11.9 Å². The molecule has 0 saturated carbocycles. The molecule has 2 heterocycles. The lowest BCUT2D eigenvalue weighted by Gasteiger charge is -2.08. The second kappa shape index (κ2) is 6.84. The minimum absolute atomic E-state index is 0.0293. The number of fused-ring (bicyclic) bond motifs is 1. The van der Waals surface area contributed by atoms with Gasteiger partial charge in [0, 0.05) is 24.6 Å². The first-order valence-corrected chi connectivity index (χ1v) is 7.58. The molecule has 3 aromatic rings. The Balaban J connectivity index is 1.88. The van der Waals surface area contributed by atoms with Gasteiger partial charge in [0.25, 0.3) is 0 Å². The van der Waals surface area contributed by atoms with Crippen LogP contribution in [0.5, 0.6) is 0 Å². The van der Waals surface area contributed by atoms with E-state index >= 15 is 0 Å². The summed E-state index contributed by atoms with van der Waals surface area (Å²) in [5.41, 5.74) is 0.600. The van der Waals surface area contributed by atoms with Crippen LogP contribution in [0, 0.1) is 11.3 Å². The van der Waals surface area contributed by atoms with Gasteiger partial charge in [0.1, 0.15) is 0 Å². The van der Waals surface area contributed by atoms with Gasteiger partial charge in [0.15, 0.2) is 5.65 Å². The molecular formula is C17H12F3N5O. The number of nitriles is 1. The van der Waals surface area contributed by atoms with Crippen molar-refractivity contribution in [1.29, 1.82) is 5.26 Å². The van der Waals surface area contributed by atoms with Crippen LogP contribution in [0.3, 0.4) is 0 Å². The lowest BCUT2D eigenvalue weighted by molar-refractivity contribution is -0.137. The Morgan fingerprint density at radius 3 is 2.77 bits per heavy atom. The van der Waals surface area contributed by atoms with Gasteiger partial charge in [-0.3, -0.25) is 10.1 Å². The van der Waals surface area contributed by atoms with Crippen LogP contribution in [0.2, 0.25) is 0 Å². The standard InChI is InChI=1S/C17H12F3N5O/c18-17(19,20)13-4-1-3-11(9-13)12-6-7-14-22-16(24-25(14)10-12)23-15(26)5-2-8-21/h1,3-4,6-7,9-10H,2,5H2,(H,23,24,26). The first-order chi connectivity index (χ1) is 12.4. The normalized spacial score (nSPS) is 11.3. The Morgan fingerprint density at radius 1 is 1.23 bits per heavy atom. The second-order valence-electron chi connectivity index (χ2n) is 5.44. The molecule has 6 nitrogen and oxygen atoms in total. The van der Waals surface area contributed by atoms with Gasteiger partial charge >= 0.3 is 6.18 Å². The minimum Gasteiger partial charge on any atom is -0.293 e. The van der Waals surface area contributed by atoms with E-state index in [0.717, 1.165) is 12.1 Å². The number of pyridine rings is 1. The SMILES string of the molecule is N#CCCC(=O)Nc1nc2ccc(-c3cccc(C(F)(F)F)c3)cn2n1. The zero-order chi connectivity index (χ0) is 18.7. The summed E-state index contributed by atoms with van der Waals surface area (Å²) in [5.74, 6) is -0.324. The quantitative estimate of drug-likeness (QED) is 0.771. The summed E-state index contributed by atoms with van der Waals surface area (Å²) in [6.07, 6.45) is -2.78. The Hall–Kier alpha value is -3.41. The topological polar surface area (TPSA) is 83.1 Å². The van der Waals surface area contributed by atoms with E-state index in [4.69, 9.17) is 5.26 Å². The summed E-state index contributed by atoms with van der Waals surface area (Å²) in [6, 6.07) is 10.1. The van der Waals surface area contributed by atoms with Crippen molar-refractivity contribution < 1.29 is 18.0 Å². The number of nitrogens with zero attached hydrogens (tertiary/aromatic N) is 4. The van der Waals surface area contributed by atoms with E-state index in [0.29, 0.717) is 16.8 Å². The zero-order valence-electron chi connectivity index (χ0n) is 13.3. The van der Waals surface area contributed by atoms with E-state index in [1.54, 1.807) is 18.2 Å². The Bertz CT molecular complexity index is 1000. The largest absolute Gasteiger partial charge is 0.416 e. The van der Waals surface area contributed by atoms with Crippen molar-refractivity contribution in [3.05, 3.63) is 48.2 Å². The second-order valence-corrected chi connectivity index (χ2v) is 5.44. The molecule has 1 amide bonds. The highest BCUT2D eigenvalue weighted by Crippen LogP contribution is 2.32. The Morgan fingerprint density at radius 2 is 2.04 bits per heavy atom. The maximum absolute atomic E-state index is 12.9. The van der Waals surface area contributed by atoms with Crippen molar-refractivity contribution in [1.82, 2.24) is 14.6 Å². The molecule has 132 valence electrons. The molecule has 0 fully saturated rings. The lowest BCUT2D eigenvalue weighted by atomic mass is 10.0. The number of rotatable bonds is 4. The van der Waals surface area contributed by atoms with Gasteiger partial charge in [-0.1, -0.05) is 12.1 Å². The van der Waals surface area contributed by atoms with Crippen LogP contribution < -0.4 is 5.32 Å². The average Bonchev–Trinajstić information content (AvgIpc) is 3.00. The van der Waals surface area contributed by atoms with E-state index < -0.39 is 11.7 Å². The van der Waals surface area contributed by atoms with Gasteiger partial charge in [-0.05, 0) is 29.8 Å². The predicted octanol–water partition coefficient (Wildman–Crippen LogP) is 3.66. The molecule has 0 saturated heterocycles.